The number of benzene rings is 1. The zero-order valence-electron chi connectivity index (χ0n) is 16.4. The molecule has 2 aliphatic heterocycles. The number of aliphatic carboxylic acids is 1. The Morgan fingerprint density at radius 1 is 1.20 bits per heavy atom. The first-order chi connectivity index (χ1) is 14.1. The van der Waals surface area contributed by atoms with Crippen LogP contribution in [0.15, 0.2) is 53.3 Å². The Labute approximate surface area is 171 Å². The highest BCUT2D eigenvalue weighted by atomic mass is 19.4. The maximum atomic E-state index is 12.6. The molecule has 1 aromatic carbocycles. The van der Waals surface area contributed by atoms with E-state index < -0.39 is 12.1 Å². The molecule has 0 aliphatic carbocycles. The smallest absolute Gasteiger partial charge is 0.475 e. The van der Waals surface area contributed by atoms with E-state index in [0.717, 1.165) is 32.5 Å². The van der Waals surface area contributed by atoms with Crippen LogP contribution in [0, 0.1) is 5.41 Å². The predicted octanol–water partition coefficient (Wildman–Crippen LogP) is 3.71. The first kappa shape index (κ1) is 21.9. The van der Waals surface area contributed by atoms with E-state index in [1.54, 1.807) is 12.5 Å². The van der Waals surface area contributed by atoms with E-state index >= 15 is 0 Å². The highest BCUT2D eigenvalue weighted by Crippen LogP contribution is 2.55. The van der Waals surface area contributed by atoms with Crippen molar-refractivity contribution in [3.05, 3.63) is 60.1 Å². The highest BCUT2D eigenvalue weighted by Gasteiger charge is 2.59. The van der Waals surface area contributed by atoms with E-state index in [4.69, 9.17) is 14.3 Å². The van der Waals surface area contributed by atoms with Crippen molar-refractivity contribution in [2.45, 2.75) is 31.6 Å². The number of halogens is 3. The Hall–Kier alpha value is -2.81. The molecule has 1 spiro atoms. The number of alkyl halides is 3. The number of hydrogen-bond donors (Lipinski definition) is 1. The molecule has 3 heterocycles. The molecule has 1 aromatic heterocycles. The average Bonchev–Trinajstić information content (AvgIpc) is 3.23. The molecule has 1 amide bonds. The molecular weight excluding hydrogens is 401 g/mol. The van der Waals surface area contributed by atoms with Gasteiger partial charge in [-0.1, -0.05) is 30.3 Å². The molecular formula is C21H23F3N2O4. The van der Waals surface area contributed by atoms with Crippen LogP contribution in [0.4, 0.5) is 13.2 Å². The summed E-state index contributed by atoms with van der Waals surface area (Å²) in [6, 6.07) is 12.7. The average molecular weight is 424 g/mol. The normalized spacial score (nSPS) is 21.0. The minimum atomic E-state index is -5.08. The van der Waals surface area contributed by atoms with Crippen molar-refractivity contribution in [1.29, 1.82) is 0 Å². The van der Waals surface area contributed by atoms with Crippen LogP contribution in [0.1, 0.15) is 30.0 Å². The third-order valence-corrected chi connectivity index (χ3v) is 5.75. The number of rotatable bonds is 3. The second-order valence-corrected chi connectivity index (χ2v) is 7.60. The lowest BCUT2D eigenvalue weighted by atomic mass is 9.62. The molecule has 4 rings (SSSR count). The number of carboxylic acids is 1. The van der Waals surface area contributed by atoms with Gasteiger partial charge in [-0.15, -0.1) is 0 Å². The van der Waals surface area contributed by atoms with Gasteiger partial charge in [-0.2, -0.15) is 13.2 Å². The van der Waals surface area contributed by atoms with E-state index in [2.05, 4.69) is 29.2 Å². The lowest BCUT2D eigenvalue weighted by Crippen LogP contribution is -2.64. The predicted molar refractivity (Wildman–Crippen MR) is 101 cm³/mol. The van der Waals surface area contributed by atoms with Crippen molar-refractivity contribution in [2.75, 3.05) is 20.1 Å². The van der Waals surface area contributed by atoms with Gasteiger partial charge in [-0.05, 0) is 37.6 Å². The van der Waals surface area contributed by atoms with Crippen molar-refractivity contribution in [1.82, 2.24) is 9.80 Å². The Morgan fingerprint density at radius 2 is 1.80 bits per heavy atom. The topological polar surface area (TPSA) is 74.0 Å². The third-order valence-electron chi connectivity index (χ3n) is 5.75. The largest absolute Gasteiger partial charge is 0.490 e. The van der Waals surface area contributed by atoms with Crippen LogP contribution in [-0.4, -0.2) is 53.1 Å². The van der Waals surface area contributed by atoms with Crippen molar-refractivity contribution in [3.8, 4) is 0 Å². The van der Waals surface area contributed by atoms with E-state index in [-0.39, 0.29) is 11.5 Å². The van der Waals surface area contributed by atoms with Crippen LogP contribution in [0.2, 0.25) is 0 Å². The first-order valence-electron chi connectivity index (χ1n) is 9.51. The summed E-state index contributed by atoms with van der Waals surface area (Å²) in [6.45, 7) is 2.84. The Bertz CT molecular complexity index is 860. The lowest BCUT2D eigenvalue weighted by Gasteiger charge is -2.58. The summed E-state index contributed by atoms with van der Waals surface area (Å²) >= 11 is 0. The molecule has 9 heteroatoms. The molecule has 30 heavy (non-hydrogen) atoms. The van der Waals surface area contributed by atoms with Crippen LogP contribution >= 0.6 is 0 Å². The molecule has 0 radical (unpaired) electrons. The number of amides is 1. The fraction of sp³-hybridized carbons (Fsp3) is 0.429. The second-order valence-electron chi connectivity index (χ2n) is 7.60. The molecule has 2 aromatic rings. The summed E-state index contributed by atoms with van der Waals surface area (Å²) in [5, 5.41) is 7.12. The van der Waals surface area contributed by atoms with Crippen molar-refractivity contribution in [2.24, 2.45) is 5.41 Å². The fourth-order valence-corrected chi connectivity index (χ4v) is 4.31. The number of β-lactam (4-membered cyclic amide) rings is 1. The number of carbonyl (C=O) groups is 2. The summed E-state index contributed by atoms with van der Waals surface area (Å²) in [6.07, 6.45) is 0.317. The first-order valence-corrected chi connectivity index (χ1v) is 9.51. The van der Waals surface area contributed by atoms with Crippen LogP contribution in [-0.2, 0) is 16.1 Å². The molecule has 2 fully saturated rings. The number of furan rings is 1. The minimum absolute atomic E-state index is 0.191. The third kappa shape index (κ3) is 4.35. The minimum Gasteiger partial charge on any atom is -0.475 e. The molecule has 0 saturated carbocycles. The molecule has 1 unspecified atom stereocenters. The number of hydrogen-bond acceptors (Lipinski definition) is 4. The van der Waals surface area contributed by atoms with Crippen LogP contribution in [0.5, 0.6) is 0 Å². The van der Waals surface area contributed by atoms with Gasteiger partial charge in [-0.25, -0.2) is 4.79 Å². The van der Waals surface area contributed by atoms with Gasteiger partial charge in [0.1, 0.15) is 0 Å². The number of nitrogens with zero attached hydrogens (tertiary/aromatic N) is 2. The number of likely N-dealkylation sites (tertiary alicyclic amines) is 2. The van der Waals surface area contributed by atoms with Crippen LogP contribution < -0.4 is 0 Å². The second kappa shape index (κ2) is 8.51. The van der Waals surface area contributed by atoms with E-state index in [9.17, 15) is 18.0 Å². The summed E-state index contributed by atoms with van der Waals surface area (Å²) in [4.78, 5) is 25.9. The number of carbonyl (C=O) groups excluding carboxylic acids is 1. The zero-order chi connectivity index (χ0) is 21.9. The lowest BCUT2D eigenvalue weighted by molar-refractivity contribution is -0.192. The maximum absolute atomic E-state index is 12.6. The summed E-state index contributed by atoms with van der Waals surface area (Å²) in [7, 11) is 1.93. The van der Waals surface area contributed by atoms with Gasteiger partial charge in [-0.3, -0.25) is 9.69 Å². The van der Waals surface area contributed by atoms with Gasteiger partial charge in [0.25, 0.3) is 0 Å². The van der Waals surface area contributed by atoms with E-state index in [0.29, 0.717) is 5.91 Å². The monoisotopic (exact) mass is 424 g/mol. The zero-order valence-corrected chi connectivity index (χ0v) is 16.4. The molecule has 2 saturated heterocycles. The van der Waals surface area contributed by atoms with E-state index in [1.807, 2.05) is 24.1 Å². The highest BCUT2D eigenvalue weighted by molar-refractivity contribution is 5.90. The molecule has 6 nitrogen and oxygen atoms in total. The SMILES string of the molecule is CN1C(=O)C2(CCN(Cc3ccoc3)CC2)C1c1ccccc1.O=C(O)C(F)(F)F. The van der Waals surface area contributed by atoms with Crippen LogP contribution in [0.25, 0.3) is 0 Å². The molecule has 1 N–H and O–H groups in total. The quantitative estimate of drug-likeness (QED) is 0.761. The Kier molecular flexibility index (Phi) is 6.21. The van der Waals surface area contributed by atoms with Crippen molar-refractivity contribution >= 4 is 11.9 Å². The van der Waals surface area contributed by atoms with Gasteiger partial charge in [0, 0.05) is 19.2 Å². The standard InChI is InChI=1S/C19H22N2O2.C2HF3O2/c1-20-17(16-5-3-2-4-6-16)19(18(20)22)8-10-21(11-9-19)13-15-7-12-23-14-15;3-2(4,5)1(6)7/h2-7,12,14,17H,8-11,13H2,1H3;(H,6,7). The number of piperidine rings is 1. The summed E-state index contributed by atoms with van der Waals surface area (Å²) in [5.74, 6) is -2.44. The maximum Gasteiger partial charge on any atom is 0.490 e. The van der Waals surface area contributed by atoms with Gasteiger partial charge >= 0.3 is 12.1 Å². The molecule has 2 aliphatic rings. The number of carboxylic acid groups (broad SMARTS) is 1. The Balaban J connectivity index is 0.000000318. The van der Waals surface area contributed by atoms with Gasteiger partial charge in [0.15, 0.2) is 0 Å². The van der Waals surface area contributed by atoms with Crippen molar-refractivity contribution in [3.63, 3.8) is 0 Å². The summed E-state index contributed by atoms with van der Waals surface area (Å²) < 4.78 is 36.9. The van der Waals surface area contributed by atoms with Gasteiger partial charge in [0.2, 0.25) is 5.91 Å². The fourth-order valence-electron chi connectivity index (χ4n) is 4.31. The summed E-state index contributed by atoms with van der Waals surface area (Å²) in [5.41, 5.74) is 2.28. The van der Waals surface area contributed by atoms with Crippen LogP contribution in [0.3, 0.4) is 0 Å². The van der Waals surface area contributed by atoms with Crippen molar-refractivity contribution < 1.29 is 32.3 Å². The van der Waals surface area contributed by atoms with Gasteiger partial charge in [0.05, 0.1) is 24.0 Å². The Morgan fingerprint density at radius 3 is 2.30 bits per heavy atom. The van der Waals surface area contributed by atoms with E-state index in [1.165, 1.54) is 11.1 Å². The van der Waals surface area contributed by atoms with Gasteiger partial charge < -0.3 is 14.4 Å². The molecule has 0 bridgehead atoms. The molecule has 162 valence electrons. The molecule has 1 atom stereocenters.